The molecule has 0 saturated carbocycles. The topological polar surface area (TPSA) is 46.3 Å². The Kier molecular flexibility index (Phi) is 8.62. The summed E-state index contributed by atoms with van der Waals surface area (Å²) in [7, 11) is 1.16. The van der Waals surface area contributed by atoms with Crippen molar-refractivity contribution in [1.29, 1.82) is 0 Å². The van der Waals surface area contributed by atoms with Crippen molar-refractivity contribution in [2.24, 2.45) is 4.99 Å². The van der Waals surface area contributed by atoms with E-state index < -0.39 is 7.40 Å². The van der Waals surface area contributed by atoms with E-state index in [1.54, 1.807) is 18.5 Å². The van der Waals surface area contributed by atoms with Crippen LogP contribution in [0.2, 0.25) is 0 Å². The van der Waals surface area contributed by atoms with Crippen LogP contribution in [-0.4, -0.2) is 41.7 Å². The first-order chi connectivity index (χ1) is 23.8. The maximum Gasteiger partial charge on any atom is 0.678 e. The van der Waals surface area contributed by atoms with E-state index in [2.05, 4.69) is 9.97 Å². The molecule has 1 aliphatic heterocycles. The summed E-state index contributed by atoms with van der Waals surface area (Å²) in [6.07, 6.45) is 13.1. The monoisotopic (exact) mass is 645 g/mol. The maximum absolute atomic E-state index is 15.2. The van der Waals surface area contributed by atoms with E-state index in [0.717, 1.165) is 65.5 Å². The predicted octanol–water partition coefficient (Wildman–Crippen LogP) is 9.78. The third-order valence-corrected chi connectivity index (χ3v) is 8.77. The Bertz CT molecular complexity index is 2350. The van der Waals surface area contributed by atoms with Gasteiger partial charge in [-0.25, -0.2) is 4.99 Å². The van der Waals surface area contributed by atoms with Crippen molar-refractivity contribution < 1.29 is 8.63 Å². The van der Waals surface area contributed by atoms with E-state index in [1.165, 1.54) is 0 Å². The van der Waals surface area contributed by atoms with Crippen LogP contribution in [-0.2, 0) is 0 Å². The molecule has 0 fully saturated rings. The van der Waals surface area contributed by atoms with Crippen LogP contribution in [0.15, 0.2) is 132 Å². The molecule has 0 atom stereocenters. The van der Waals surface area contributed by atoms with Gasteiger partial charge >= 0.3 is 7.40 Å². The van der Waals surface area contributed by atoms with Crippen molar-refractivity contribution in [2.75, 3.05) is 19.0 Å². The number of para-hydroxylation sites is 2. The molecule has 8 heteroatoms. The summed E-state index contributed by atoms with van der Waals surface area (Å²) < 4.78 is 31.6. The molecule has 49 heavy (non-hydrogen) atoms. The van der Waals surface area contributed by atoms with Gasteiger partial charge in [0.05, 0.1) is 22.4 Å². The number of rotatable bonds is 8. The Morgan fingerprint density at radius 2 is 1.33 bits per heavy atom. The zero-order valence-corrected chi connectivity index (χ0v) is 27.8. The second kappa shape index (κ2) is 13.3. The van der Waals surface area contributed by atoms with E-state index in [9.17, 15) is 0 Å². The van der Waals surface area contributed by atoms with Gasteiger partial charge in [0, 0.05) is 71.0 Å². The first-order valence-electron chi connectivity index (χ1n) is 16.1. The van der Waals surface area contributed by atoms with E-state index >= 15 is 8.63 Å². The van der Waals surface area contributed by atoms with Gasteiger partial charge in [0.1, 0.15) is 0 Å². The average molecular weight is 646 g/mol. The minimum absolute atomic E-state index is 0.394. The molecule has 6 aromatic rings. The highest BCUT2D eigenvalue weighted by molar-refractivity contribution is 6.42. The van der Waals surface area contributed by atoms with Gasteiger partial charge in [-0.15, -0.1) is 0 Å². The van der Waals surface area contributed by atoms with Gasteiger partial charge in [-0.2, -0.15) is 0 Å². The first-order valence-corrected chi connectivity index (χ1v) is 16.1. The Morgan fingerprint density at radius 1 is 0.735 bits per heavy atom. The lowest BCUT2D eigenvalue weighted by atomic mass is 9.94. The predicted molar refractivity (Wildman–Crippen MR) is 202 cm³/mol. The quantitative estimate of drug-likeness (QED) is 0.155. The molecule has 0 N–H and O–H groups in total. The highest BCUT2D eigenvalue weighted by Gasteiger charge is 2.30. The minimum Gasteiger partial charge on any atom is -0.378 e. The standard InChI is InChI=1S/C41H34BF2N5/c1-27-25-34(19-15-32-11-5-9-30-13-7-23-45-39(30)32)47-38(27)37(29-16-20-35(21-17-29)48(3)4)41-28(2)26-36(49(41)42(43)44)22-18-33-12-6-10-31-14-8-24-46-40(31)33/h5-26H,1-4H3/b19-15+,22-18+,38-37-. The van der Waals surface area contributed by atoms with Crippen LogP contribution in [0, 0.1) is 6.92 Å². The zero-order chi connectivity index (χ0) is 34.1. The summed E-state index contributed by atoms with van der Waals surface area (Å²) in [6.45, 7) is 3.86. The third-order valence-electron chi connectivity index (χ3n) is 8.77. The van der Waals surface area contributed by atoms with E-state index in [4.69, 9.17) is 4.99 Å². The smallest absolute Gasteiger partial charge is 0.378 e. The highest BCUT2D eigenvalue weighted by Crippen LogP contribution is 2.38. The lowest BCUT2D eigenvalue weighted by Crippen LogP contribution is -2.18. The summed E-state index contributed by atoms with van der Waals surface area (Å²) in [4.78, 5) is 16.2. The van der Waals surface area contributed by atoms with Crippen LogP contribution in [0.4, 0.5) is 14.3 Å². The Morgan fingerprint density at radius 3 is 1.92 bits per heavy atom. The van der Waals surface area contributed by atoms with Gasteiger partial charge in [0.15, 0.2) is 0 Å². The van der Waals surface area contributed by atoms with Gasteiger partial charge in [-0.3, -0.25) is 18.6 Å². The number of anilines is 1. The van der Waals surface area contributed by atoms with Crippen LogP contribution < -0.4 is 4.90 Å². The molecule has 7 rings (SSSR count). The maximum atomic E-state index is 15.2. The number of nitrogens with zero attached hydrogens (tertiary/aromatic N) is 5. The Balaban J connectivity index is 1.37. The van der Waals surface area contributed by atoms with E-state index in [0.29, 0.717) is 22.7 Å². The number of pyridine rings is 2. The molecule has 5 nitrogen and oxygen atoms in total. The number of hydrogen-bond acceptors (Lipinski definition) is 4. The summed E-state index contributed by atoms with van der Waals surface area (Å²) in [5.41, 5.74) is 9.85. The second-order valence-electron chi connectivity index (χ2n) is 12.3. The summed E-state index contributed by atoms with van der Waals surface area (Å²) in [5, 5.41) is 2.04. The van der Waals surface area contributed by atoms with Gasteiger partial charge in [0.25, 0.3) is 0 Å². The number of aromatic nitrogens is 3. The fraction of sp³-hybridized carbons (Fsp3) is 0.0976. The highest BCUT2D eigenvalue weighted by atomic mass is 19.2. The van der Waals surface area contributed by atoms with Crippen LogP contribution in [0.3, 0.4) is 0 Å². The van der Waals surface area contributed by atoms with Crippen molar-refractivity contribution in [2.45, 2.75) is 13.8 Å². The third kappa shape index (κ3) is 6.25. The van der Waals surface area contributed by atoms with E-state index in [1.807, 2.05) is 148 Å². The molecule has 4 heterocycles. The van der Waals surface area contributed by atoms with Crippen molar-refractivity contribution in [1.82, 2.24) is 14.4 Å². The van der Waals surface area contributed by atoms with Crippen molar-refractivity contribution in [3.05, 3.63) is 160 Å². The molecule has 3 aromatic heterocycles. The summed E-state index contributed by atoms with van der Waals surface area (Å²) in [5.74, 6) is 0. The summed E-state index contributed by atoms with van der Waals surface area (Å²) >= 11 is 0. The molecular weight excluding hydrogens is 611 g/mol. The Labute approximate surface area is 285 Å². The first kappa shape index (κ1) is 31.7. The van der Waals surface area contributed by atoms with Gasteiger partial charge in [-0.1, -0.05) is 72.8 Å². The molecule has 0 spiro atoms. The SMILES string of the molecule is CC1=CC(/C=C/c2cccc3cccnc23)=NC/1=C(/c1ccc(N(C)C)cc1)c1c(C)cc(/C=C/c2cccc3cccnc23)n1B(F)F. The number of benzene rings is 3. The molecule has 0 radical (unpaired) electrons. The normalized spacial score (nSPS) is 14.2. The van der Waals surface area contributed by atoms with Gasteiger partial charge in [0.2, 0.25) is 0 Å². The number of aliphatic imine (C=N–C) groups is 1. The van der Waals surface area contributed by atoms with Crippen molar-refractivity contribution in [3.8, 4) is 0 Å². The fourth-order valence-corrected chi connectivity index (χ4v) is 6.40. The van der Waals surface area contributed by atoms with Crippen LogP contribution in [0.25, 0.3) is 45.6 Å². The lowest BCUT2D eigenvalue weighted by molar-refractivity contribution is 0.627. The van der Waals surface area contributed by atoms with E-state index in [-0.39, 0.29) is 0 Å². The fourth-order valence-electron chi connectivity index (χ4n) is 6.40. The average Bonchev–Trinajstić information content (AvgIpc) is 3.65. The number of allylic oxidation sites excluding steroid dienone is 3. The molecule has 0 amide bonds. The second-order valence-corrected chi connectivity index (χ2v) is 12.3. The van der Waals surface area contributed by atoms with Crippen molar-refractivity contribution >= 4 is 64.4 Å². The molecule has 3 aromatic carbocycles. The molecular formula is C41H34BF2N5. The molecule has 0 aliphatic carbocycles. The molecule has 240 valence electrons. The van der Waals surface area contributed by atoms with Gasteiger partial charge < -0.3 is 9.38 Å². The molecule has 0 bridgehead atoms. The van der Waals surface area contributed by atoms with Crippen LogP contribution in [0.5, 0.6) is 0 Å². The number of aryl methyl sites for hydroxylation is 1. The van der Waals surface area contributed by atoms with Crippen molar-refractivity contribution in [3.63, 3.8) is 0 Å². The largest absolute Gasteiger partial charge is 0.678 e. The lowest BCUT2D eigenvalue weighted by Gasteiger charge is -2.18. The summed E-state index contributed by atoms with van der Waals surface area (Å²) in [6, 6.07) is 29.6. The molecule has 1 aliphatic rings. The van der Waals surface area contributed by atoms with Crippen LogP contribution in [0.1, 0.15) is 40.6 Å². The zero-order valence-electron chi connectivity index (χ0n) is 27.8. The molecule has 0 unspecified atom stereocenters. The Hall–Kier alpha value is -5.89. The minimum atomic E-state index is -2.79. The number of fused-ring (bicyclic) bond motifs is 2. The van der Waals surface area contributed by atoms with Gasteiger partial charge in [-0.05, 0) is 79.1 Å². The molecule has 0 saturated heterocycles. The van der Waals surface area contributed by atoms with Crippen LogP contribution >= 0.6 is 0 Å². The number of halogens is 2. The number of hydrogen-bond donors (Lipinski definition) is 0.